The van der Waals surface area contributed by atoms with E-state index >= 15 is 0 Å². The third kappa shape index (κ3) is 5.59. The topological polar surface area (TPSA) is 58.6 Å². The van der Waals surface area contributed by atoms with Crippen LogP contribution >= 0.6 is 0 Å². The summed E-state index contributed by atoms with van der Waals surface area (Å²) in [6, 6.07) is 11.7. The molecule has 5 nitrogen and oxygen atoms in total. The zero-order chi connectivity index (χ0) is 21.0. The van der Waals surface area contributed by atoms with Crippen LogP contribution in [-0.4, -0.2) is 25.0 Å². The Morgan fingerprint density at radius 3 is 2.52 bits per heavy atom. The second-order valence-corrected chi connectivity index (χ2v) is 8.23. The average molecular weight is 395 g/mol. The summed E-state index contributed by atoms with van der Waals surface area (Å²) >= 11 is 0. The highest BCUT2D eigenvalue weighted by Gasteiger charge is 2.24. The largest absolute Gasteiger partial charge is 0.484 e. The van der Waals surface area contributed by atoms with Crippen molar-refractivity contribution >= 4 is 23.2 Å². The number of fused-ring (bicyclic) bond motifs is 1. The van der Waals surface area contributed by atoms with Crippen molar-refractivity contribution in [3.05, 3.63) is 53.1 Å². The lowest BCUT2D eigenvalue weighted by atomic mass is 9.99. The monoisotopic (exact) mass is 394 g/mol. The Morgan fingerprint density at radius 1 is 1.10 bits per heavy atom. The van der Waals surface area contributed by atoms with E-state index in [-0.39, 0.29) is 18.4 Å². The predicted molar refractivity (Wildman–Crippen MR) is 117 cm³/mol. The van der Waals surface area contributed by atoms with E-state index in [1.807, 2.05) is 49.1 Å². The number of hydrogen-bond donors (Lipinski definition) is 1. The minimum Gasteiger partial charge on any atom is -0.484 e. The Balaban J connectivity index is 1.63. The van der Waals surface area contributed by atoms with E-state index in [1.54, 1.807) is 0 Å². The maximum atomic E-state index is 12.3. The van der Waals surface area contributed by atoms with Gasteiger partial charge in [0.05, 0.1) is 0 Å². The smallest absolute Gasteiger partial charge is 0.262 e. The van der Waals surface area contributed by atoms with Gasteiger partial charge < -0.3 is 15.0 Å². The molecule has 2 amide bonds. The van der Waals surface area contributed by atoms with Crippen LogP contribution in [0.5, 0.6) is 5.75 Å². The second kappa shape index (κ2) is 9.12. The van der Waals surface area contributed by atoms with Gasteiger partial charge >= 0.3 is 0 Å². The standard InChI is InChI=1S/C24H30N2O3/c1-16(2)9-10-26-22-7-6-20(14-19(22)5-8-24(26)28)25-23(27)15-29-21-12-17(3)11-18(4)13-21/h6-7,11-14,16H,5,8-10,15H2,1-4H3,(H,25,27). The first-order valence-corrected chi connectivity index (χ1v) is 10.3. The summed E-state index contributed by atoms with van der Waals surface area (Å²) in [5.41, 5.74) is 5.00. The van der Waals surface area contributed by atoms with Gasteiger partial charge in [-0.05, 0) is 79.6 Å². The van der Waals surface area contributed by atoms with Gasteiger partial charge in [-0.2, -0.15) is 0 Å². The van der Waals surface area contributed by atoms with Gasteiger partial charge in [-0.1, -0.05) is 19.9 Å². The minimum atomic E-state index is -0.201. The number of amides is 2. The van der Waals surface area contributed by atoms with Crippen molar-refractivity contribution in [1.29, 1.82) is 0 Å². The van der Waals surface area contributed by atoms with Crippen molar-refractivity contribution in [1.82, 2.24) is 0 Å². The number of anilines is 2. The highest BCUT2D eigenvalue weighted by molar-refractivity contribution is 5.97. The van der Waals surface area contributed by atoms with Crippen LogP contribution in [0, 0.1) is 19.8 Å². The van der Waals surface area contributed by atoms with Crippen molar-refractivity contribution in [2.45, 2.75) is 47.0 Å². The number of nitrogens with one attached hydrogen (secondary N) is 1. The molecule has 0 aliphatic carbocycles. The normalized spacial score (nSPS) is 13.4. The van der Waals surface area contributed by atoms with E-state index in [4.69, 9.17) is 4.74 Å². The summed E-state index contributed by atoms with van der Waals surface area (Å²) in [6.45, 7) is 9.02. The van der Waals surface area contributed by atoms with E-state index in [1.165, 1.54) is 0 Å². The molecule has 0 bridgehead atoms. The van der Waals surface area contributed by atoms with Crippen LogP contribution in [0.15, 0.2) is 36.4 Å². The zero-order valence-electron chi connectivity index (χ0n) is 17.7. The fraction of sp³-hybridized carbons (Fsp3) is 0.417. The maximum Gasteiger partial charge on any atom is 0.262 e. The zero-order valence-corrected chi connectivity index (χ0v) is 17.7. The van der Waals surface area contributed by atoms with Gasteiger partial charge in [0.2, 0.25) is 5.91 Å². The maximum absolute atomic E-state index is 12.3. The molecule has 0 unspecified atom stereocenters. The van der Waals surface area contributed by atoms with E-state index in [9.17, 15) is 9.59 Å². The van der Waals surface area contributed by atoms with Crippen LogP contribution in [0.1, 0.15) is 43.4 Å². The molecule has 3 rings (SSSR count). The van der Waals surface area contributed by atoms with Crippen molar-refractivity contribution in [2.75, 3.05) is 23.4 Å². The number of carbonyl (C=O) groups is 2. The SMILES string of the molecule is Cc1cc(C)cc(OCC(=O)Nc2ccc3c(c2)CCC(=O)N3CCC(C)C)c1. The third-order valence-electron chi connectivity index (χ3n) is 5.06. The molecule has 5 heteroatoms. The predicted octanol–water partition coefficient (Wildman–Crippen LogP) is 4.65. The first-order chi connectivity index (χ1) is 13.8. The summed E-state index contributed by atoms with van der Waals surface area (Å²) in [5, 5.41) is 2.90. The van der Waals surface area contributed by atoms with Crippen LogP contribution < -0.4 is 15.0 Å². The van der Waals surface area contributed by atoms with Crippen molar-refractivity contribution in [3.63, 3.8) is 0 Å². The summed E-state index contributed by atoms with van der Waals surface area (Å²) in [7, 11) is 0. The van der Waals surface area contributed by atoms with Gasteiger partial charge in [0.1, 0.15) is 5.75 Å². The summed E-state index contributed by atoms with van der Waals surface area (Å²) in [4.78, 5) is 26.5. The summed E-state index contributed by atoms with van der Waals surface area (Å²) < 4.78 is 5.63. The lowest BCUT2D eigenvalue weighted by Gasteiger charge is -2.30. The van der Waals surface area contributed by atoms with Gasteiger partial charge in [-0.3, -0.25) is 9.59 Å². The molecule has 0 radical (unpaired) electrons. The number of rotatable bonds is 7. The van der Waals surface area contributed by atoms with Gasteiger partial charge in [-0.15, -0.1) is 0 Å². The highest BCUT2D eigenvalue weighted by Crippen LogP contribution is 2.31. The van der Waals surface area contributed by atoms with E-state index < -0.39 is 0 Å². The second-order valence-electron chi connectivity index (χ2n) is 8.23. The van der Waals surface area contributed by atoms with Crippen LogP contribution in [0.2, 0.25) is 0 Å². The Hall–Kier alpha value is -2.82. The number of nitrogens with zero attached hydrogens (tertiary/aromatic N) is 1. The molecule has 0 fully saturated rings. The number of ether oxygens (including phenoxy) is 1. The van der Waals surface area contributed by atoms with Crippen LogP contribution in [0.25, 0.3) is 0 Å². The first kappa shape index (κ1) is 20.9. The van der Waals surface area contributed by atoms with E-state index in [2.05, 4.69) is 25.2 Å². The molecule has 0 atom stereocenters. The number of hydrogen-bond acceptors (Lipinski definition) is 3. The molecule has 1 aliphatic rings. The average Bonchev–Trinajstić information content (AvgIpc) is 2.65. The molecule has 0 saturated heterocycles. The van der Waals surface area contributed by atoms with Crippen LogP contribution in [-0.2, 0) is 16.0 Å². The quantitative estimate of drug-likeness (QED) is 0.744. The molecule has 2 aromatic rings. The lowest BCUT2D eigenvalue weighted by molar-refractivity contribution is -0.119. The molecule has 29 heavy (non-hydrogen) atoms. The lowest BCUT2D eigenvalue weighted by Crippen LogP contribution is -2.36. The summed E-state index contributed by atoms with van der Waals surface area (Å²) in [5.74, 6) is 1.22. The Bertz CT molecular complexity index is 885. The van der Waals surface area contributed by atoms with Crippen molar-refractivity contribution in [2.24, 2.45) is 5.92 Å². The Morgan fingerprint density at radius 2 is 1.83 bits per heavy atom. The van der Waals surface area contributed by atoms with E-state index in [0.29, 0.717) is 24.5 Å². The molecule has 0 saturated carbocycles. The molecule has 154 valence electrons. The van der Waals surface area contributed by atoms with Gasteiger partial charge in [0.15, 0.2) is 6.61 Å². The molecule has 1 aliphatic heterocycles. The van der Waals surface area contributed by atoms with Gasteiger partial charge in [0, 0.05) is 24.3 Å². The third-order valence-corrected chi connectivity index (χ3v) is 5.06. The minimum absolute atomic E-state index is 0.0427. The fourth-order valence-electron chi connectivity index (χ4n) is 3.63. The molecular weight excluding hydrogens is 364 g/mol. The van der Waals surface area contributed by atoms with Gasteiger partial charge in [-0.25, -0.2) is 0 Å². The molecule has 0 spiro atoms. The van der Waals surface area contributed by atoms with E-state index in [0.717, 1.165) is 41.0 Å². The van der Waals surface area contributed by atoms with Crippen molar-refractivity contribution in [3.8, 4) is 5.75 Å². The number of aryl methyl sites for hydroxylation is 3. The molecular formula is C24H30N2O3. The fourth-order valence-corrected chi connectivity index (χ4v) is 3.63. The molecule has 2 aromatic carbocycles. The Labute approximate surface area is 173 Å². The highest BCUT2D eigenvalue weighted by atomic mass is 16.5. The molecule has 1 heterocycles. The molecule has 0 aromatic heterocycles. The van der Waals surface area contributed by atoms with Crippen molar-refractivity contribution < 1.29 is 14.3 Å². The van der Waals surface area contributed by atoms with Crippen LogP contribution in [0.3, 0.4) is 0 Å². The summed E-state index contributed by atoms with van der Waals surface area (Å²) in [6.07, 6.45) is 2.19. The van der Waals surface area contributed by atoms with Crippen LogP contribution in [0.4, 0.5) is 11.4 Å². The first-order valence-electron chi connectivity index (χ1n) is 10.3. The number of benzene rings is 2. The number of carbonyl (C=O) groups excluding carboxylic acids is 2. The molecule has 1 N–H and O–H groups in total. The van der Waals surface area contributed by atoms with Gasteiger partial charge in [0.25, 0.3) is 5.91 Å². The Kier molecular flexibility index (Phi) is 6.57.